The lowest BCUT2D eigenvalue weighted by molar-refractivity contribution is -0.170. The Labute approximate surface area is 259 Å². The van der Waals surface area contributed by atoms with Gasteiger partial charge >= 0.3 is 17.9 Å². The van der Waals surface area contributed by atoms with Gasteiger partial charge in [0.15, 0.2) is 11.0 Å². The smallest absolute Gasteiger partial charge is 0.336 e. The summed E-state index contributed by atoms with van der Waals surface area (Å²) >= 11 is 0. The van der Waals surface area contributed by atoms with E-state index in [0.717, 1.165) is 31.6 Å². The van der Waals surface area contributed by atoms with Gasteiger partial charge in [-0.25, -0.2) is 9.78 Å². The van der Waals surface area contributed by atoms with E-state index < -0.39 is 36.4 Å². The molecule has 0 bridgehead atoms. The second-order valence-corrected chi connectivity index (χ2v) is 11.0. The Kier molecular flexibility index (Phi) is 12.0. The van der Waals surface area contributed by atoms with E-state index in [0.29, 0.717) is 23.1 Å². The highest BCUT2D eigenvalue weighted by Crippen LogP contribution is 2.18. The fourth-order valence-electron chi connectivity index (χ4n) is 4.62. The quantitative estimate of drug-likeness (QED) is 0.161. The first kappa shape index (κ1) is 34.5. The van der Waals surface area contributed by atoms with E-state index >= 15 is 0 Å². The van der Waals surface area contributed by atoms with Gasteiger partial charge in [0, 0.05) is 63.9 Å². The largest absolute Gasteiger partial charge is 0.481 e. The highest BCUT2D eigenvalue weighted by Gasteiger charge is 2.40. The van der Waals surface area contributed by atoms with Gasteiger partial charge in [0.25, 0.3) is 0 Å². The van der Waals surface area contributed by atoms with E-state index in [1.807, 2.05) is 51.7 Å². The van der Waals surface area contributed by atoms with Crippen molar-refractivity contribution in [1.29, 1.82) is 0 Å². The molecule has 2 heterocycles. The van der Waals surface area contributed by atoms with Gasteiger partial charge < -0.3 is 34.3 Å². The second-order valence-electron chi connectivity index (χ2n) is 11.0. The van der Waals surface area contributed by atoms with Gasteiger partial charge in [-0.1, -0.05) is 23.8 Å². The number of carbonyl (C=O) groups is 3. The van der Waals surface area contributed by atoms with Crippen LogP contribution >= 0.6 is 0 Å². The number of nitrogens with zero attached hydrogens (tertiary/aromatic N) is 4. The van der Waals surface area contributed by atoms with E-state index in [-0.39, 0.29) is 5.43 Å². The molecule has 4 aromatic rings. The third-order valence-electron chi connectivity index (χ3n) is 6.99. The molecule has 0 unspecified atom stereocenters. The third-order valence-corrected chi connectivity index (χ3v) is 6.99. The number of aryl methyl sites for hydroxylation is 2. The lowest BCUT2D eigenvalue weighted by Gasteiger charge is -2.23. The van der Waals surface area contributed by atoms with Crippen LogP contribution in [0.2, 0.25) is 0 Å². The molecule has 2 aromatic carbocycles. The maximum Gasteiger partial charge on any atom is 0.336 e. The number of rotatable bonds is 14. The molecule has 0 fully saturated rings. The monoisotopic (exact) mass is 622 g/mol. The number of anilines is 1. The van der Waals surface area contributed by atoms with Crippen molar-refractivity contribution < 1.29 is 39.2 Å². The Hall–Kier alpha value is -5.01. The number of imidazole rings is 1. The first-order valence-corrected chi connectivity index (χ1v) is 14.1. The average Bonchev–Trinajstić information content (AvgIpc) is 3.48. The van der Waals surface area contributed by atoms with E-state index in [1.165, 1.54) is 11.3 Å². The molecule has 0 atom stereocenters. The maximum atomic E-state index is 13.1. The molecule has 0 saturated carbocycles. The normalized spacial score (nSPS) is 11.2. The molecule has 13 heteroatoms. The van der Waals surface area contributed by atoms with Crippen molar-refractivity contribution >= 4 is 34.6 Å². The number of aromatic nitrogens is 2. The zero-order chi connectivity index (χ0) is 33.1. The minimum absolute atomic E-state index is 0.0533. The molecule has 240 valence electrons. The predicted octanol–water partition coefficient (Wildman–Crippen LogP) is 3.21. The number of carboxylic acids is 3. The summed E-state index contributed by atoms with van der Waals surface area (Å²) in [6.07, 6.45) is 5.91. The molecular weight excluding hydrogens is 584 g/mol. The van der Waals surface area contributed by atoms with Crippen LogP contribution in [0.4, 0.5) is 5.69 Å². The van der Waals surface area contributed by atoms with Crippen LogP contribution < -0.4 is 10.3 Å². The maximum absolute atomic E-state index is 13.1. The van der Waals surface area contributed by atoms with Gasteiger partial charge in [-0.2, -0.15) is 0 Å². The Morgan fingerprint density at radius 3 is 2.20 bits per heavy atom. The summed E-state index contributed by atoms with van der Waals surface area (Å²) in [6.45, 7) is 5.06. The highest BCUT2D eigenvalue weighted by atomic mass is 16.4. The van der Waals surface area contributed by atoms with E-state index in [4.69, 9.17) is 24.8 Å². The lowest BCUT2D eigenvalue weighted by Crippen LogP contribution is -2.42. The Morgan fingerprint density at radius 1 is 0.978 bits per heavy atom. The SMILES string of the molecule is Cc1ccc2occ(CN(CCCn3ccnc3)Cc3ccc(N(C)C)cc3)c(=O)c2c1.O=C(O)CC(O)(CC(=O)O)C(=O)O. The van der Waals surface area contributed by atoms with E-state index in [2.05, 4.69) is 43.6 Å². The number of benzene rings is 2. The first-order chi connectivity index (χ1) is 21.3. The van der Waals surface area contributed by atoms with Crippen LogP contribution in [0.1, 0.15) is 36.0 Å². The summed E-state index contributed by atoms with van der Waals surface area (Å²) < 4.78 is 7.87. The van der Waals surface area contributed by atoms with Crippen molar-refractivity contribution in [1.82, 2.24) is 14.5 Å². The van der Waals surface area contributed by atoms with Gasteiger partial charge in [-0.3, -0.25) is 19.3 Å². The van der Waals surface area contributed by atoms with Gasteiger partial charge in [-0.05, 0) is 43.2 Å². The summed E-state index contributed by atoms with van der Waals surface area (Å²) in [5, 5.41) is 34.5. The fourth-order valence-corrected chi connectivity index (χ4v) is 4.62. The van der Waals surface area contributed by atoms with Crippen LogP contribution in [-0.2, 0) is 34.0 Å². The first-order valence-electron chi connectivity index (χ1n) is 14.1. The topological polar surface area (TPSA) is 187 Å². The summed E-state index contributed by atoms with van der Waals surface area (Å²) in [6, 6.07) is 14.3. The average molecular weight is 623 g/mol. The Balaban J connectivity index is 0.000000360. The van der Waals surface area contributed by atoms with E-state index in [1.54, 1.807) is 12.5 Å². The number of hydrogen-bond acceptors (Lipinski definition) is 9. The molecular formula is C32H38N4O9. The molecule has 4 N–H and O–H groups in total. The number of aliphatic hydroxyl groups is 1. The highest BCUT2D eigenvalue weighted by molar-refractivity contribution is 5.88. The van der Waals surface area contributed by atoms with Crippen molar-refractivity contribution in [2.24, 2.45) is 0 Å². The number of aliphatic carboxylic acids is 3. The summed E-state index contributed by atoms with van der Waals surface area (Å²) in [5.74, 6) is -5.02. The summed E-state index contributed by atoms with van der Waals surface area (Å²) in [4.78, 5) is 52.2. The standard InChI is InChI=1S/C26H30N4O2.C6H8O7/c1-20-5-10-25-24(15-20)26(31)22(18-32-25)17-30(13-4-12-29-14-11-27-19-29)16-21-6-8-23(9-7-21)28(2)3;7-3(8)1-6(13,5(11)12)2-4(9)10/h5-11,14-15,18-19H,4,12-13,16-17H2,1-3H3;13H,1-2H2,(H,7,8)(H,9,10)(H,11,12). The van der Waals surface area contributed by atoms with Gasteiger partial charge in [-0.15, -0.1) is 0 Å². The van der Waals surface area contributed by atoms with Crippen molar-refractivity contribution in [3.8, 4) is 0 Å². The van der Waals surface area contributed by atoms with Gasteiger partial charge in [0.05, 0.1) is 30.8 Å². The third kappa shape index (κ3) is 10.3. The van der Waals surface area contributed by atoms with Crippen LogP contribution in [0.15, 0.2) is 76.7 Å². The van der Waals surface area contributed by atoms with Crippen LogP contribution in [0.25, 0.3) is 11.0 Å². The fraction of sp³-hybridized carbons (Fsp3) is 0.344. The van der Waals surface area contributed by atoms with Crippen molar-refractivity contribution in [3.05, 3.63) is 94.4 Å². The molecule has 0 aliphatic rings. The van der Waals surface area contributed by atoms with Gasteiger partial charge in [0.2, 0.25) is 0 Å². The van der Waals surface area contributed by atoms with Crippen LogP contribution in [0.3, 0.4) is 0 Å². The molecule has 13 nitrogen and oxygen atoms in total. The van der Waals surface area contributed by atoms with Crippen molar-refractivity contribution in [3.63, 3.8) is 0 Å². The van der Waals surface area contributed by atoms with Crippen molar-refractivity contribution in [2.75, 3.05) is 25.5 Å². The zero-order valence-electron chi connectivity index (χ0n) is 25.4. The molecule has 45 heavy (non-hydrogen) atoms. The molecule has 0 amide bonds. The van der Waals surface area contributed by atoms with Gasteiger partial charge in [0.1, 0.15) is 5.58 Å². The van der Waals surface area contributed by atoms with Crippen LogP contribution in [0, 0.1) is 6.92 Å². The Bertz CT molecular complexity index is 1630. The van der Waals surface area contributed by atoms with Crippen LogP contribution in [-0.4, -0.2) is 79.0 Å². The summed E-state index contributed by atoms with van der Waals surface area (Å²) in [5.41, 5.74) is 2.09. The molecule has 0 aliphatic heterocycles. The number of hydrogen-bond donors (Lipinski definition) is 4. The summed E-state index contributed by atoms with van der Waals surface area (Å²) in [7, 11) is 4.08. The molecule has 2 aromatic heterocycles. The number of fused-ring (bicyclic) bond motifs is 1. The zero-order valence-corrected chi connectivity index (χ0v) is 25.4. The molecule has 4 rings (SSSR count). The molecule has 0 spiro atoms. The van der Waals surface area contributed by atoms with Crippen LogP contribution in [0.5, 0.6) is 0 Å². The lowest BCUT2D eigenvalue weighted by atomic mass is 9.96. The van der Waals surface area contributed by atoms with E-state index in [9.17, 15) is 19.2 Å². The minimum atomic E-state index is -2.74. The van der Waals surface area contributed by atoms with Crippen molar-refractivity contribution in [2.45, 2.75) is 51.4 Å². The predicted molar refractivity (Wildman–Crippen MR) is 166 cm³/mol. The molecule has 0 radical (unpaired) electrons. The number of carboxylic acid groups (broad SMARTS) is 3. The second kappa shape index (κ2) is 15.6. The molecule has 0 saturated heterocycles. The Morgan fingerprint density at radius 2 is 1.64 bits per heavy atom. The minimum Gasteiger partial charge on any atom is -0.481 e. The molecule has 0 aliphatic carbocycles.